The number of aromatic nitrogens is 2. The number of amides is 1. The summed E-state index contributed by atoms with van der Waals surface area (Å²) in [6, 6.07) is 20.3. The minimum absolute atomic E-state index is 0.0183. The van der Waals surface area contributed by atoms with E-state index < -0.39 is 16.7 Å². The molecule has 1 amide bonds. The molecular weight excluding hydrogens is 538 g/mol. The highest BCUT2D eigenvalue weighted by molar-refractivity contribution is 8.01. The highest BCUT2D eigenvalue weighted by atomic mass is 35.5. The quantitative estimate of drug-likeness (QED) is 0.236. The third kappa shape index (κ3) is 4.45. The maximum Gasteiger partial charge on any atom is 0.242 e. The normalized spacial score (nSPS) is 19.3. The minimum Gasteiger partial charge on any atom is -0.455 e. The Morgan fingerprint density at radius 1 is 1.00 bits per heavy atom. The van der Waals surface area contributed by atoms with E-state index in [2.05, 4.69) is 15.3 Å². The fourth-order valence-corrected chi connectivity index (χ4v) is 6.63. The molecule has 4 heterocycles. The predicted molar refractivity (Wildman–Crippen MR) is 150 cm³/mol. The van der Waals surface area contributed by atoms with Gasteiger partial charge in [0.25, 0.3) is 0 Å². The first-order chi connectivity index (χ1) is 18.5. The zero-order valence-corrected chi connectivity index (χ0v) is 22.2. The first-order valence-corrected chi connectivity index (χ1v) is 14.0. The molecule has 1 aliphatic rings. The molecule has 1 saturated heterocycles. The van der Waals surface area contributed by atoms with Gasteiger partial charge in [0, 0.05) is 40.7 Å². The molecule has 1 aliphatic heterocycles. The second-order valence-corrected chi connectivity index (χ2v) is 11.1. The number of hydrogen-bond donors (Lipinski definition) is 1. The molecule has 188 valence electrons. The molecule has 6 rings (SSSR count). The van der Waals surface area contributed by atoms with Crippen LogP contribution in [0, 0.1) is 0 Å². The summed E-state index contributed by atoms with van der Waals surface area (Å²) in [6.45, 7) is 0. The lowest BCUT2D eigenvalue weighted by Gasteiger charge is -2.39. The van der Waals surface area contributed by atoms with Crippen LogP contribution < -0.4 is 10.1 Å². The number of nitrogens with one attached hydrogen (secondary N) is 1. The van der Waals surface area contributed by atoms with Gasteiger partial charge in [-0.3, -0.25) is 19.6 Å². The zero-order chi connectivity index (χ0) is 26.1. The van der Waals surface area contributed by atoms with Gasteiger partial charge in [-0.15, -0.1) is 11.8 Å². The van der Waals surface area contributed by atoms with Crippen LogP contribution in [-0.4, -0.2) is 26.9 Å². The number of thioether (sulfide) groups is 1. The van der Waals surface area contributed by atoms with Crippen LogP contribution in [0.5, 0.6) is 11.5 Å². The summed E-state index contributed by atoms with van der Waals surface area (Å²) >= 11 is 8.96. The van der Waals surface area contributed by atoms with Gasteiger partial charge in [0.2, 0.25) is 5.91 Å². The van der Waals surface area contributed by atoms with Crippen molar-refractivity contribution in [1.29, 1.82) is 0 Å². The Morgan fingerprint density at radius 3 is 2.68 bits per heavy atom. The average Bonchev–Trinajstić information content (AvgIpc) is 3.48. The Hall–Kier alpha value is -3.72. The monoisotopic (exact) mass is 557 g/mol. The summed E-state index contributed by atoms with van der Waals surface area (Å²) < 4.78 is 6.44. The number of halogens is 1. The summed E-state index contributed by atoms with van der Waals surface area (Å²) in [5.41, 5.74) is 0.0532. The third-order valence-electron chi connectivity index (χ3n) is 6.44. The molecule has 3 aromatic heterocycles. The van der Waals surface area contributed by atoms with Crippen LogP contribution in [0.4, 0.5) is 0 Å². The lowest BCUT2D eigenvalue weighted by molar-refractivity contribution is -0.133. The molecule has 0 aliphatic carbocycles. The van der Waals surface area contributed by atoms with Crippen LogP contribution in [-0.2, 0) is 15.1 Å². The number of benzene rings is 2. The highest BCUT2D eigenvalue weighted by Crippen LogP contribution is 2.44. The molecule has 1 fully saturated rings. The van der Waals surface area contributed by atoms with Gasteiger partial charge in [0.1, 0.15) is 22.2 Å². The fourth-order valence-electron chi connectivity index (χ4n) is 4.66. The van der Waals surface area contributed by atoms with E-state index in [0.29, 0.717) is 27.1 Å². The van der Waals surface area contributed by atoms with Crippen LogP contribution in [0.25, 0.3) is 10.8 Å². The number of carbonyl (C=O) groups is 2. The summed E-state index contributed by atoms with van der Waals surface area (Å²) in [5.74, 6) is 0.469. The van der Waals surface area contributed by atoms with Crippen molar-refractivity contribution in [3.63, 3.8) is 0 Å². The number of pyridine rings is 2. The van der Waals surface area contributed by atoms with Gasteiger partial charge in [-0.25, -0.2) is 0 Å². The Kier molecular flexibility index (Phi) is 6.61. The average molecular weight is 558 g/mol. The van der Waals surface area contributed by atoms with E-state index in [0.717, 1.165) is 28.1 Å². The van der Waals surface area contributed by atoms with Crippen molar-refractivity contribution in [2.75, 3.05) is 0 Å². The van der Waals surface area contributed by atoms with E-state index in [9.17, 15) is 9.59 Å². The van der Waals surface area contributed by atoms with E-state index in [4.69, 9.17) is 16.3 Å². The van der Waals surface area contributed by atoms with E-state index in [1.807, 2.05) is 53.2 Å². The van der Waals surface area contributed by atoms with Gasteiger partial charge in [-0.1, -0.05) is 35.9 Å². The van der Waals surface area contributed by atoms with Crippen molar-refractivity contribution in [3.05, 3.63) is 112 Å². The van der Waals surface area contributed by atoms with Gasteiger partial charge in [0.05, 0.1) is 5.02 Å². The lowest BCUT2D eigenvalue weighted by Crippen LogP contribution is -2.58. The smallest absolute Gasteiger partial charge is 0.242 e. The molecule has 9 heteroatoms. The molecule has 0 radical (unpaired) electrons. The summed E-state index contributed by atoms with van der Waals surface area (Å²) in [6.07, 6.45) is 5.15. The van der Waals surface area contributed by atoms with Crippen molar-refractivity contribution in [1.82, 2.24) is 15.3 Å². The molecular formula is C29H20ClN3O3S2. The van der Waals surface area contributed by atoms with E-state index in [1.165, 1.54) is 11.3 Å². The van der Waals surface area contributed by atoms with Gasteiger partial charge >= 0.3 is 0 Å². The second-order valence-electron chi connectivity index (χ2n) is 8.78. The molecule has 0 spiro atoms. The first-order valence-electron chi connectivity index (χ1n) is 11.8. The molecule has 6 nitrogen and oxygen atoms in total. The van der Waals surface area contributed by atoms with Gasteiger partial charge in [-0.2, -0.15) is 11.3 Å². The number of rotatable bonds is 6. The van der Waals surface area contributed by atoms with Crippen LogP contribution >= 0.6 is 34.7 Å². The molecule has 5 aromatic rings. The molecule has 2 unspecified atom stereocenters. The van der Waals surface area contributed by atoms with E-state index >= 15 is 0 Å². The molecule has 38 heavy (non-hydrogen) atoms. The first kappa shape index (κ1) is 24.6. The van der Waals surface area contributed by atoms with Crippen LogP contribution in [0.3, 0.4) is 0 Å². The van der Waals surface area contributed by atoms with Crippen molar-refractivity contribution < 1.29 is 14.3 Å². The van der Waals surface area contributed by atoms with Gasteiger partial charge in [0.15, 0.2) is 11.5 Å². The van der Waals surface area contributed by atoms with Crippen molar-refractivity contribution >= 4 is 57.2 Å². The van der Waals surface area contributed by atoms with Crippen molar-refractivity contribution in [2.45, 2.75) is 22.1 Å². The summed E-state index contributed by atoms with van der Waals surface area (Å²) in [7, 11) is 0. The standard InChI is InChI=1S/C29H20ClN3O3S2/c30-21-6-1-2-9-25(21)38-26-22(34)15-29(33-28(26)35,19-11-14-37-17-19)27-24(8-4-12-32-27)36-23-7-3-5-18-16-31-13-10-20(18)23/h1-14,16-17,26H,15H2,(H,33,35). The summed E-state index contributed by atoms with van der Waals surface area (Å²) in [4.78, 5) is 36.8. The molecule has 2 aromatic carbocycles. The van der Waals surface area contributed by atoms with Gasteiger partial charge in [-0.05, 0) is 58.8 Å². The number of thiophene rings is 1. The van der Waals surface area contributed by atoms with Crippen LogP contribution in [0.15, 0.2) is 101 Å². The Balaban J connectivity index is 1.41. The number of ether oxygens (including phenoxy) is 1. The number of fused-ring (bicyclic) bond motifs is 1. The third-order valence-corrected chi connectivity index (χ3v) is 8.89. The number of nitrogens with zero attached hydrogens (tertiary/aromatic N) is 2. The van der Waals surface area contributed by atoms with Gasteiger partial charge < -0.3 is 10.1 Å². The Bertz CT molecular complexity index is 1640. The van der Waals surface area contributed by atoms with Crippen molar-refractivity contribution in [2.24, 2.45) is 0 Å². The zero-order valence-electron chi connectivity index (χ0n) is 19.8. The van der Waals surface area contributed by atoms with Crippen LogP contribution in [0.1, 0.15) is 17.7 Å². The fraction of sp³-hybridized carbons (Fsp3) is 0.103. The predicted octanol–water partition coefficient (Wildman–Crippen LogP) is 6.63. The lowest BCUT2D eigenvalue weighted by atomic mass is 9.79. The number of ketones is 1. The largest absolute Gasteiger partial charge is 0.455 e. The number of carbonyl (C=O) groups excluding carboxylic acids is 2. The minimum atomic E-state index is -1.19. The second kappa shape index (κ2) is 10.2. The number of hydrogen-bond acceptors (Lipinski definition) is 7. The SMILES string of the molecule is O=C1CC(c2ccsc2)(c2ncccc2Oc2cccc3cnccc23)NC(=O)C1Sc1ccccc1Cl. The topological polar surface area (TPSA) is 81.2 Å². The van der Waals surface area contributed by atoms with Crippen LogP contribution in [0.2, 0.25) is 5.02 Å². The molecule has 0 saturated carbocycles. The molecule has 0 bridgehead atoms. The Labute approximate surface area is 232 Å². The van der Waals surface area contributed by atoms with E-state index in [1.54, 1.807) is 42.9 Å². The molecule has 2 atom stereocenters. The maximum atomic E-state index is 13.7. The van der Waals surface area contributed by atoms with Crippen molar-refractivity contribution in [3.8, 4) is 11.5 Å². The highest BCUT2D eigenvalue weighted by Gasteiger charge is 2.50. The summed E-state index contributed by atoms with van der Waals surface area (Å²) in [5, 5.41) is 8.40. The number of Topliss-reactive ketones (excluding diaryl/α,β-unsaturated/α-hetero) is 1. The van der Waals surface area contributed by atoms with E-state index in [-0.39, 0.29) is 12.2 Å². The molecule has 1 N–H and O–H groups in total. The number of piperidine rings is 1. The maximum absolute atomic E-state index is 13.7. The Morgan fingerprint density at radius 2 is 1.87 bits per heavy atom.